The number of benzene rings is 2. The lowest BCUT2D eigenvalue weighted by atomic mass is 10.1. The normalized spacial score (nSPS) is 10.8. The fourth-order valence-corrected chi connectivity index (χ4v) is 1.65. The fourth-order valence-electron chi connectivity index (χ4n) is 1.65. The monoisotopic (exact) mass is 252 g/mol. The van der Waals surface area contributed by atoms with Crippen LogP contribution in [0, 0.1) is 6.92 Å². The van der Waals surface area contributed by atoms with E-state index in [2.05, 4.69) is 4.99 Å². The second-order valence-corrected chi connectivity index (χ2v) is 4.34. The third kappa shape index (κ3) is 3.60. The van der Waals surface area contributed by atoms with Gasteiger partial charge in [0.25, 0.3) is 0 Å². The minimum Gasteiger partial charge on any atom is -0.324 e. The third-order valence-corrected chi connectivity index (χ3v) is 2.81. The lowest BCUT2D eigenvalue weighted by Crippen LogP contribution is -2.13. The van der Waals surface area contributed by atoms with E-state index in [9.17, 15) is 4.79 Å². The quantitative estimate of drug-likeness (QED) is 0.672. The predicted molar refractivity (Wildman–Crippen MR) is 78.3 cm³/mol. The first-order valence-electron chi connectivity index (χ1n) is 6.13. The van der Waals surface area contributed by atoms with Gasteiger partial charge in [0.15, 0.2) is 5.78 Å². The molecule has 2 N–H and O–H groups in total. The molecule has 0 fully saturated rings. The summed E-state index contributed by atoms with van der Waals surface area (Å²) >= 11 is 0. The van der Waals surface area contributed by atoms with Crippen LogP contribution in [0.2, 0.25) is 0 Å². The van der Waals surface area contributed by atoms with Gasteiger partial charge >= 0.3 is 0 Å². The van der Waals surface area contributed by atoms with Crippen LogP contribution in [-0.2, 0) is 0 Å². The van der Waals surface area contributed by atoms with Crippen molar-refractivity contribution >= 4 is 17.7 Å². The van der Waals surface area contributed by atoms with Crippen molar-refractivity contribution in [2.45, 2.75) is 6.92 Å². The molecule has 0 atom stereocenters. The van der Waals surface area contributed by atoms with Crippen LogP contribution in [0.5, 0.6) is 0 Å². The number of aryl methyl sites for hydroxylation is 1. The Morgan fingerprint density at radius 3 is 2.32 bits per heavy atom. The Morgan fingerprint density at radius 2 is 1.74 bits per heavy atom. The number of hydrogen-bond donors (Lipinski definition) is 1. The number of hydrogen-bond acceptors (Lipinski definition) is 3. The zero-order chi connectivity index (χ0) is 13.7. The standard InChI is InChI=1S/C16H16N2O/c1-12-2-4-13(5-3-12)11-18-15-8-6-14(7-9-15)16(19)10-17/h2-9,11H,10,17H2,1H3. The van der Waals surface area contributed by atoms with E-state index in [4.69, 9.17) is 5.73 Å². The zero-order valence-corrected chi connectivity index (χ0v) is 10.8. The molecular formula is C16H16N2O. The van der Waals surface area contributed by atoms with Crippen LogP contribution >= 0.6 is 0 Å². The SMILES string of the molecule is Cc1ccc(C=Nc2ccc(C(=O)CN)cc2)cc1. The molecule has 0 amide bonds. The number of aliphatic imine (C=N–C) groups is 1. The maximum absolute atomic E-state index is 11.4. The zero-order valence-electron chi connectivity index (χ0n) is 10.8. The highest BCUT2D eigenvalue weighted by atomic mass is 16.1. The maximum atomic E-state index is 11.4. The summed E-state index contributed by atoms with van der Waals surface area (Å²) in [6.07, 6.45) is 1.80. The van der Waals surface area contributed by atoms with Crippen molar-refractivity contribution in [1.29, 1.82) is 0 Å². The third-order valence-electron chi connectivity index (χ3n) is 2.81. The molecule has 0 saturated heterocycles. The molecule has 0 bridgehead atoms. The van der Waals surface area contributed by atoms with Gasteiger partial charge in [0.2, 0.25) is 0 Å². The van der Waals surface area contributed by atoms with Gasteiger partial charge in [-0.15, -0.1) is 0 Å². The Bertz CT molecular complexity index is 583. The average molecular weight is 252 g/mol. The second-order valence-electron chi connectivity index (χ2n) is 4.34. The first-order valence-corrected chi connectivity index (χ1v) is 6.13. The Kier molecular flexibility index (Phi) is 4.21. The van der Waals surface area contributed by atoms with Crippen LogP contribution in [0.4, 0.5) is 5.69 Å². The van der Waals surface area contributed by atoms with Gasteiger partial charge in [-0.3, -0.25) is 9.79 Å². The molecular weight excluding hydrogens is 236 g/mol. The highest BCUT2D eigenvalue weighted by Crippen LogP contribution is 2.13. The summed E-state index contributed by atoms with van der Waals surface area (Å²) in [6, 6.07) is 15.3. The topological polar surface area (TPSA) is 55.5 Å². The van der Waals surface area contributed by atoms with Crippen molar-refractivity contribution in [2.75, 3.05) is 6.54 Å². The molecule has 0 spiro atoms. The summed E-state index contributed by atoms with van der Waals surface area (Å²) in [5.41, 5.74) is 9.02. The summed E-state index contributed by atoms with van der Waals surface area (Å²) in [4.78, 5) is 15.7. The number of Topliss-reactive ketones (excluding diaryl/α,β-unsaturated/α-hetero) is 1. The molecule has 0 radical (unpaired) electrons. The minimum absolute atomic E-state index is 0.0337. The summed E-state index contributed by atoms with van der Waals surface area (Å²) in [5, 5.41) is 0. The molecule has 3 nitrogen and oxygen atoms in total. The Labute approximate surface area is 112 Å². The molecule has 96 valence electrons. The van der Waals surface area contributed by atoms with E-state index in [1.165, 1.54) is 5.56 Å². The molecule has 3 heteroatoms. The van der Waals surface area contributed by atoms with Crippen LogP contribution in [0.3, 0.4) is 0 Å². The molecule has 0 aliphatic carbocycles. The minimum atomic E-state index is -0.0611. The van der Waals surface area contributed by atoms with E-state index in [1.807, 2.05) is 43.3 Å². The van der Waals surface area contributed by atoms with Crippen molar-refractivity contribution in [3.05, 3.63) is 65.2 Å². The number of rotatable bonds is 4. The highest BCUT2D eigenvalue weighted by Gasteiger charge is 2.01. The van der Waals surface area contributed by atoms with Crippen molar-refractivity contribution in [3.8, 4) is 0 Å². The van der Waals surface area contributed by atoms with Crippen LogP contribution in [0.15, 0.2) is 53.5 Å². The van der Waals surface area contributed by atoms with E-state index in [0.29, 0.717) is 5.56 Å². The van der Waals surface area contributed by atoms with Gasteiger partial charge in [0, 0.05) is 11.8 Å². The highest BCUT2D eigenvalue weighted by molar-refractivity contribution is 5.97. The molecule has 0 aromatic heterocycles. The van der Waals surface area contributed by atoms with Crippen molar-refractivity contribution in [1.82, 2.24) is 0 Å². The van der Waals surface area contributed by atoms with Crippen molar-refractivity contribution in [2.24, 2.45) is 10.7 Å². The summed E-state index contributed by atoms with van der Waals surface area (Å²) in [5.74, 6) is -0.0611. The van der Waals surface area contributed by atoms with Gasteiger partial charge in [0.1, 0.15) is 0 Å². The first-order chi connectivity index (χ1) is 9.19. The lowest BCUT2D eigenvalue weighted by Gasteiger charge is -1.99. The van der Waals surface area contributed by atoms with Gasteiger partial charge in [-0.05, 0) is 36.8 Å². The van der Waals surface area contributed by atoms with Gasteiger partial charge < -0.3 is 5.73 Å². The van der Waals surface area contributed by atoms with Gasteiger partial charge in [-0.2, -0.15) is 0 Å². The molecule has 0 saturated carbocycles. The van der Waals surface area contributed by atoms with Gasteiger partial charge in [0.05, 0.1) is 12.2 Å². The van der Waals surface area contributed by atoms with Gasteiger partial charge in [-0.25, -0.2) is 0 Å². The molecule has 19 heavy (non-hydrogen) atoms. The Hall–Kier alpha value is -2.26. The average Bonchev–Trinajstić information content (AvgIpc) is 2.46. The van der Waals surface area contributed by atoms with E-state index in [1.54, 1.807) is 18.3 Å². The van der Waals surface area contributed by atoms with Crippen LogP contribution in [0.25, 0.3) is 0 Å². The molecule has 2 aromatic rings. The smallest absolute Gasteiger partial charge is 0.176 e. The number of nitrogens with two attached hydrogens (primary N) is 1. The second kappa shape index (κ2) is 6.07. The number of carbonyl (C=O) groups is 1. The summed E-state index contributed by atoms with van der Waals surface area (Å²) in [7, 11) is 0. The van der Waals surface area contributed by atoms with E-state index < -0.39 is 0 Å². The maximum Gasteiger partial charge on any atom is 0.176 e. The fraction of sp³-hybridized carbons (Fsp3) is 0.125. The van der Waals surface area contributed by atoms with Crippen LogP contribution < -0.4 is 5.73 Å². The van der Waals surface area contributed by atoms with E-state index in [-0.39, 0.29) is 12.3 Å². The first kappa shape index (κ1) is 13.2. The molecule has 0 heterocycles. The van der Waals surface area contributed by atoms with Crippen molar-refractivity contribution in [3.63, 3.8) is 0 Å². The lowest BCUT2D eigenvalue weighted by molar-refractivity contribution is 0.100. The van der Waals surface area contributed by atoms with Gasteiger partial charge in [-0.1, -0.05) is 29.8 Å². The molecule has 2 rings (SSSR count). The molecule has 0 aliphatic heterocycles. The molecule has 0 aliphatic rings. The number of nitrogens with zero attached hydrogens (tertiary/aromatic N) is 1. The van der Waals surface area contributed by atoms with Crippen molar-refractivity contribution < 1.29 is 4.79 Å². The summed E-state index contributed by atoms with van der Waals surface area (Å²) in [6.45, 7) is 2.08. The number of carbonyl (C=O) groups excluding carboxylic acids is 1. The Balaban J connectivity index is 2.11. The molecule has 0 unspecified atom stereocenters. The van der Waals surface area contributed by atoms with E-state index in [0.717, 1.165) is 11.3 Å². The number of ketones is 1. The van der Waals surface area contributed by atoms with Crippen LogP contribution in [-0.4, -0.2) is 18.5 Å². The molecule has 2 aromatic carbocycles. The van der Waals surface area contributed by atoms with E-state index >= 15 is 0 Å². The summed E-state index contributed by atoms with van der Waals surface area (Å²) < 4.78 is 0. The largest absolute Gasteiger partial charge is 0.324 e. The predicted octanol–water partition coefficient (Wildman–Crippen LogP) is 2.89. The van der Waals surface area contributed by atoms with Crippen LogP contribution in [0.1, 0.15) is 21.5 Å². The Morgan fingerprint density at radius 1 is 1.11 bits per heavy atom.